The number of rotatable bonds is 7. The number of carbonyl (C=O) groups excluding carboxylic acids is 5. The third-order valence-electron chi connectivity index (χ3n) is 10.3. The van der Waals surface area contributed by atoms with Crippen molar-refractivity contribution in [3.63, 3.8) is 0 Å². The monoisotopic (exact) mass is 727 g/mol. The van der Waals surface area contributed by atoms with Crippen LogP contribution in [0, 0.1) is 19.8 Å². The van der Waals surface area contributed by atoms with Crippen LogP contribution in [0.4, 0.5) is 0 Å². The molecular formula is C39H49N7O7. The van der Waals surface area contributed by atoms with Crippen LogP contribution < -0.4 is 20.7 Å². The van der Waals surface area contributed by atoms with Crippen LogP contribution in [0.25, 0.3) is 0 Å². The van der Waals surface area contributed by atoms with Crippen LogP contribution in [0.15, 0.2) is 54.6 Å². The average molecular weight is 728 g/mol. The molecule has 2 aliphatic heterocycles. The number of benzene rings is 2. The van der Waals surface area contributed by atoms with Crippen molar-refractivity contribution >= 4 is 29.5 Å². The van der Waals surface area contributed by atoms with E-state index in [0.717, 1.165) is 29.7 Å². The molecule has 4 N–H and O–H groups in total. The number of amides is 5. The van der Waals surface area contributed by atoms with Crippen molar-refractivity contribution in [1.29, 1.82) is 0 Å². The van der Waals surface area contributed by atoms with Gasteiger partial charge in [0.1, 0.15) is 17.8 Å². The van der Waals surface area contributed by atoms with Gasteiger partial charge in [-0.05, 0) is 69.7 Å². The number of aliphatic hydroxyl groups is 1. The Kier molecular flexibility index (Phi) is 11.5. The number of nitrogens with zero attached hydrogens (tertiary/aromatic N) is 4. The van der Waals surface area contributed by atoms with Crippen LogP contribution in [0.5, 0.6) is 5.75 Å². The number of ether oxygens (including phenoxy) is 1. The van der Waals surface area contributed by atoms with E-state index in [1.165, 1.54) is 11.8 Å². The maximum absolute atomic E-state index is 14.3. The summed E-state index contributed by atoms with van der Waals surface area (Å²) in [4.78, 5) is 72.1. The maximum Gasteiger partial charge on any atom is 0.258 e. The van der Waals surface area contributed by atoms with Gasteiger partial charge in [-0.2, -0.15) is 5.10 Å². The van der Waals surface area contributed by atoms with Crippen LogP contribution in [-0.4, -0.2) is 111 Å². The quantitative estimate of drug-likeness (QED) is 0.283. The number of fused-ring (bicyclic) bond motifs is 4. The van der Waals surface area contributed by atoms with Crippen molar-refractivity contribution < 1.29 is 33.8 Å². The number of hydrogen-bond donors (Lipinski definition) is 4. The second kappa shape index (κ2) is 16.2. The first-order valence-corrected chi connectivity index (χ1v) is 18.4. The van der Waals surface area contributed by atoms with Gasteiger partial charge in [0.25, 0.3) is 11.8 Å². The topological polar surface area (TPSA) is 175 Å². The average Bonchev–Trinajstić information content (AvgIpc) is 3.78. The van der Waals surface area contributed by atoms with E-state index < -0.39 is 54.5 Å². The predicted octanol–water partition coefficient (Wildman–Crippen LogP) is 1.47. The zero-order chi connectivity index (χ0) is 37.8. The summed E-state index contributed by atoms with van der Waals surface area (Å²) < 4.78 is 7.66. The third kappa shape index (κ3) is 8.87. The van der Waals surface area contributed by atoms with E-state index in [1.54, 1.807) is 27.8 Å². The first-order valence-electron chi connectivity index (χ1n) is 18.4. The fraction of sp³-hybridized carbons (Fsp3) is 0.487. The SMILES string of the molecule is CCn1nc(C)c(C(=O)N2C[C@@H]3NC(=O)[C@H](Cc4ccccc4)NC(=O)CN(CC4CC4)C(=O)[C@H]([C@@H](C)O)NC(=O)COc4cccc(c4)[C@H]3C2)c1C. The zero-order valence-electron chi connectivity index (χ0n) is 30.7. The lowest BCUT2D eigenvalue weighted by Gasteiger charge is -2.30. The van der Waals surface area contributed by atoms with E-state index in [1.807, 2.05) is 57.2 Å². The third-order valence-corrected chi connectivity index (χ3v) is 10.3. The molecule has 3 aliphatic rings. The van der Waals surface area contributed by atoms with Crippen molar-refractivity contribution in [3.8, 4) is 5.75 Å². The van der Waals surface area contributed by atoms with Gasteiger partial charge in [-0.15, -0.1) is 0 Å². The van der Waals surface area contributed by atoms with Crippen molar-refractivity contribution in [2.75, 3.05) is 32.8 Å². The Morgan fingerprint density at radius 3 is 2.42 bits per heavy atom. The number of aliphatic hydroxyl groups excluding tert-OH is 1. The van der Waals surface area contributed by atoms with Gasteiger partial charge < -0.3 is 35.6 Å². The standard InChI is InChI=1S/C39H49N7O7/c1-5-46-24(3)35(23(2)43-46)38(51)45-19-30-28-12-9-13-29(17-28)53-22-34(49)42-36(25(4)47)39(52)44(18-27-14-15-27)21-33(48)40-31(37(50)41-32(30)20-45)16-26-10-7-6-8-11-26/h6-13,17,25,27,30-32,36,47H,5,14-16,18-22H2,1-4H3,(H,40,48)(H,41,50)(H,42,49)/t25-,30-,31+,32+,36+/m1/s1. The molecule has 5 atom stereocenters. The predicted molar refractivity (Wildman–Crippen MR) is 195 cm³/mol. The Hall–Kier alpha value is -5.24. The van der Waals surface area contributed by atoms with Gasteiger partial charge >= 0.3 is 0 Å². The molecule has 2 aromatic carbocycles. The van der Waals surface area contributed by atoms with Gasteiger partial charge in [-0.25, -0.2) is 0 Å². The molecular weight excluding hydrogens is 678 g/mol. The molecule has 2 bridgehead atoms. The van der Waals surface area contributed by atoms with E-state index >= 15 is 0 Å². The van der Waals surface area contributed by atoms with E-state index in [-0.39, 0.29) is 50.3 Å². The minimum Gasteiger partial charge on any atom is -0.484 e. The molecule has 0 spiro atoms. The minimum atomic E-state index is -1.31. The Morgan fingerprint density at radius 2 is 1.74 bits per heavy atom. The largest absolute Gasteiger partial charge is 0.484 e. The molecule has 6 rings (SSSR count). The molecule has 3 aromatic rings. The Bertz CT molecular complexity index is 1840. The zero-order valence-corrected chi connectivity index (χ0v) is 30.7. The molecule has 0 unspecified atom stereocenters. The van der Waals surface area contributed by atoms with E-state index in [2.05, 4.69) is 21.0 Å². The highest BCUT2D eigenvalue weighted by Crippen LogP contribution is 2.32. The molecule has 53 heavy (non-hydrogen) atoms. The molecule has 2 fully saturated rings. The van der Waals surface area contributed by atoms with Crippen molar-refractivity contribution in [1.82, 2.24) is 35.5 Å². The molecule has 14 heteroatoms. The van der Waals surface area contributed by atoms with Crippen LogP contribution >= 0.6 is 0 Å². The first kappa shape index (κ1) is 37.5. The number of aromatic nitrogens is 2. The lowest BCUT2D eigenvalue weighted by Crippen LogP contribution is -2.58. The summed E-state index contributed by atoms with van der Waals surface area (Å²) >= 11 is 0. The number of carbonyl (C=O) groups is 5. The summed E-state index contributed by atoms with van der Waals surface area (Å²) in [6, 6.07) is 13.6. The molecule has 1 saturated heterocycles. The lowest BCUT2D eigenvalue weighted by molar-refractivity contribution is -0.143. The molecule has 5 amide bonds. The summed E-state index contributed by atoms with van der Waals surface area (Å²) in [6.45, 7) is 7.63. The fourth-order valence-corrected chi connectivity index (χ4v) is 7.31. The van der Waals surface area contributed by atoms with Gasteiger partial charge in [0.05, 0.1) is 29.9 Å². The van der Waals surface area contributed by atoms with Gasteiger partial charge in [0.2, 0.25) is 17.7 Å². The van der Waals surface area contributed by atoms with Gasteiger partial charge in [-0.1, -0.05) is 42.5 Å². The van der Waals surface area contributed by atoms with E-state index in [9.17, 15) is 29.1 Å². The highest BCUT2D eigenvalue weighted by atomic mass is 16.5. The molecule has 3 heterocycles. The van der Waals surface area contributed by atoms with E-state index in [4.69, 9.17) is 4.74 Å². The minimum absolute atomic E-state index is 0.180. The second-order valence-electron chi connectivity index (χ2n) is 14.4. The second-order valence-corrected chi connectivity index (χ2v) is 14.4. The lowest BCUT2D eigenvalue weighted by atomic mass is 9.93. The van der Waals surface area contributed by atoms with Crippen molar-refractivity contribution in [2.45, 2.75) is 83.6 Å². The molecule has 14 nitrogen and oxygen atoms in total. The summed E-state index contributed by atoms with van der Waals surface area (Å²) in [5.41, 5.74) is 3.52. The highest BCUT2D eigenvalue weighted by molar-refractivity contribution is 5.97. The van der Waals surface area contributed by atoms with Crippen LogP contribution in [0.1, 0.15) is 65.5 Å². The molecule has 282 valence electrons. The Balaban J connectivity index is 1.35. The molecule has 1 saturated carbocycles. The van der Waals surface area contributed by atoms with Gasteiger partial charge in [0, 0.05) is 44.2 Å². The summed E-state index contributed by atoms with van der Waals surface area (Å²) in [6.07, 6.45) is 0.714. The van der Waals surface area contributed by atoms with Crippen molar-refractivity contribution in [3.05, 3.63) is 82.7 Å². The van der Waals surface area contributed by atoms with E-state index in [0.29, 0.717) is 23.6 Å². The smallest absolute Gasteiger partial charge is 0.258 e. The number of nitrogens with one attached hydrogen (secondary N) is 3. The van der Waals surface area contributed by atoms with Crippen LogP contribution in [0.2, 0.25) is 0 Å². The number of aryl methyl sites for hydroxylation is 2. The summed E-state index contributed by atoms with van der Waals surface area (Å²) in [7, 11) is 0. The van der Waals surface area contributed by atoms with Crippen LogP contribution in [-0.2, 0) is 32.1 Å². The first-order chi connectivity index (χ1) is 25.4. The molecule has 1 aliphatic carbocycles. The highest BCUT2D eigenvalue weighted by Gasteiger charge is 2.41. The van der Waals surface area contributed by atoms with Gasteiger partial charge in [-0.3, -0.25) is 28.7 Å². The summed E-state index contributed by atoms with van der Waals surface area (Å²) in [5.74, 6) is -2.17. The number of hydrogen-bond acceptors (Lipinski definition) is 8. The Labute approximate surface area is 309 Å². The maximum atomic E-state index is 14.3. The summed E-state index contributed by atoms with van der Waals surface area (Å²) in [5, 5.41) is 23.8. The fourth-order valence-electron chi connectivity index (χ4n) is 7.31. The van der Waals surface area contributed by atoms with Crippen molar-refractivity contribution in [2.24, 2.45) is 5.92 Å². The molecule has 0 radical (unpaired) electrons. The molecule has 1 aromatic heterocycles. The van der Waals surface area contributed by atoms with Gasteiger partial charge in [0.15, 0.2) is 6.61 Å². The number of likely N-dealkylation sites (tertiary alicyclic amines) is 1. The Morgan fingerprint density at radius 1 is 0.981 bits per heavy atom. The van der Waals surface area contributed by atoms with Crippen LogP contribution in [0.3, 0.4) is 0 Å². The normalized spacial score (nSPS) is 23.6.